The van der Waals surface area contributed by atoms with E-state index in [9.17, 15) is 9.59 Å². The molecule has 1 aromatic heterocycles. The zero-order valence-electron chi connectivity index (χ0n) is 10.2. The second kappa shape index (κ2) is 7.93. The molecule has 102 valence electrons. The first-order valence-electron chi connectivity index (χ1n) is 5.72. The predicted octanol–water partition coefficient (Wildman–Crippen LogP) is 0.565. The zero-order chi connectivity index (χ0) is 13.4. The normalized spacial score (nSPS) is 10.7. The molecule has 2 N–H and O–H groups in total. The molecule has 1 rings (SSSR count). The average molecular weight is 275 g/mol. The van der Waals surface area contributed by atoms with Crippen molar-refractivity contribution < 1.29 is 14.6 Å². The Hall–Kier alpha value is -1.28. The van der Waals surface area contributed by atoms with E-state index in [-0.39, 0.29) is 11.4 Å². The summed E-state index contributed by atoms with van der Waals surface area (Å²) in [5.74, 6) is -1.05. The number of H-pyrrole nitrogens is 1. The lowest BCUT2D eigenvalue weighted by Gasteiger charge is -2.05. The molecule has 0 fully saturated rings. The third-order valence-electron chi connectivity index (χ3n) is 2.07. The second-order valence-electron chi connectivity index (χ2n) is 3.61. The summed E-state index contributed by atoms with van der Waals surface area (Å²) in [5, 5.41) is 15.1. The monoisotopic (exact) mass is 275 g/mol. The van der Waals surface area contributed by atoms with Crippen molar-refractivity contribution in [2.45, 2.75) is 31.5 Å². The van der Waals surface area contributed by atoms with E-state index in [0.29, 0.717) is 31.3 Å². The molecule has 0 aliphatic heterocycles. The van der Waals surface area contributed by atoms with E-state index >= 15 is 0 Å². The predicted molar refractivity (Wildman–Crippen MR) is 66.9 cm³/mol. The first-order valence-corrected chi connectivity index (χ1v) is 6.71. The molecule has 0 spiro atoms. The van der Waals surface area contributed by atoms with Gasteiger partial charge < -0.3 is 9.84 Å². The summed E-state index contributed by atoms with van der Waals surface area (Å²) in [4.78, 5) is 21.9. The van der Waals surface area contributed by atoms with Gasteiger partial charge in [-0.25, -0.2) is 9.89 Å². The third-order valence-corrected chi connectivity index (χ3v) is 3.03. The minimum absolute atomic E-state index is 0.114. The molecule has 1 aromatic rings. The van der Waals surface area contributed by atoms with E-state index in [0.717, 1.165) is 18.2 Å². The van der Waals surface area contributed by atoms with Crippen molar-refractivity contribution in [3.63, 3.8) is 0 Å². The molecule has 0 aliphatic carbocycles. The number of carboxylic acid groups (broad SMARTS) is 1. The summed E-state index contributed by atoms with van der Waals surface area (Å²) in [6.45, 7) is 3.79. The molecule has 0 radical (unpaired) electrons. The topological polar surface area (TPSA) is 97.2 Å². The maximum absolute atomic E-state index is 11.4. The number of aliphatic carboxylic acids is 1. The van der Waals surface area contributed by atoms with E-state index in [2.05, 4.69) is 10.2 Å². The van der Waals surface area contributed by atoms with Crippen LogP contribution in [0.1, 0.15) is 19.8 Å². The van der Waals surface area contributed by atoms with Gasteiger partial charge in [0, 0.05) is 19.8 Å². The Labute approximate surface area is 109 Å². The summed E-state index contributed by atoms with van der Waals surface area (Å²) in [6, 6.07) is 0. The molecule has 0 bridgehead atoms. The lowest BCUT2D eigenvalue weighted by Crippen LogP contribution is -2.19. The molecular weight excluding hydrogens is 258 g/mol. The van der Waals surface area contributed by atoms with Crippen LogP contribution in [0.15, 0.2) is 9.95 Å². The second-order valence-corrected chi connectivity index (χ2v) is 4.55. The van der Waals surface area contributed by atoms with Crippen LogP contribution in [0.4, 0.5) is 0 Å². The van der Waals surface area contributed by atoms with Gasteiger partial charge in [0.25, 0.3) is 0 Å². The summed E-state index contributed by atoms with van der Waals surface area (Å²) in [7, 11) is 0. The maximum atomic E-state index is 11.4. The molecule has 0 unspecified atom stereocenters. The van der Waals surface area contributed by atoms with Gasteiger partial charge in [-0.15, -0.1) is 5.10 Å². The van der Waals surface area contributed by atoms with E-state index < -0.39 is 5.97 Å². The van der Waals surface area contributed by atoms with E-state index in [1.54, 1.807) is 0 Å². The molecule has 7 nitrogen and oxygen atoms in total. The maximum Gasteiger partial charge on any atom is 0.343 e. The third kappa shape index (κ3) is 4.92. The first kappa shape index (κ1) is 14.8. The van der Waals surface area contributed by atoms with Crippen molar-refractivity contribution in [1.29, 1.82) is 0 Å². The molecular formula is C10H17N3O4S. The van der Waals surface area contributed by atoms with Crippen LogP contribution in [-0.2, 0) is 16.1 Å². The highest BCUT2D eigenvalue weighted by Crippen LogP contribution is 2.12. The molecule has 0 aromatic carbocycles. The van der Waals surface area contributed by atoms with Gasteiger partial charge in [0.1, 0.15) is 0 Å². The molecule has 8 heteroatoms. The van der Waals surface area contributed by atoms with E-state index in [1.165, 1.54) is 4.57 Å². The average Bonchev–Trinajstić information content (AvgIpc) is 2.68. The van der Waals surface area contributed by atoms with Crippen LogP contribution < -0.4 is 5.69 Å². The van der Waals surface area contributed by atoms with Crippen molar-refractivity contribution in [1.82, 2.24) is 14.8 Å². The molecule has 18 heavy (non-hydrogen) atoms. The number of carbonyl (C=O) groups is 1. The largest absolute Gasteiger partial charge is 0.481 e. The standard InChI is InChI=1S/C10H17N3O4S/c1-2-5-17-6-3-4-13-9(16)11-12-10(13)18-7-8(14)15/h2-7H2,1H3,(H,11,16)(H,14,15). The number of rotatable bonds is 9. The summed E-state index contributed by atoms with van der Waals surface area (Å²) >= 11 is 1.02. The fraction of sp³-hybridized carbons (Fsp3) is 0.700. The minimum atomic E-state index is -0.937. The molecule has 0 amide bonds. The fourth-order valence-corrected chi connectivity index (χ4v) is 2.00. The van der Waals surface area contributed by atoms with Crippen molar-refractivity contribution in [3.8, 4) is 0 Å². The number of nitrogens with zero attached hydrogens (tertiary/aromatic N) is 2. The Balaban J connectivity index is 2.45. The SMILES string of the molecule is CCCOCCCn1c(SCC(=O)O)n[nH]c1=O. The Morgan fingerprint density at radius 2 is 2.33 bits per heavy atom. The van der Waals surface area contributed by atoms with Gasteiger partial charge >= 0.3 is 11.7 Å². The highest BCUT2D eigenvalue weighted by atomic mass is 32.2. The lowest BCUT2D eigenvalue weighted by atomic mass is 10.4. The smallest absolute Gasteiger partial charge is 0.343 e. The van der Waals surface area contributed by atoms with Gasteiger partial charge in [-0.2, -0.15) is 0 Å². The van der Waals surface area contributed by atoms with Crippen LogP contribution in [0.3, 0.4) is 0 Å². The minimum Gasteiger partial charge on any atom is -0.481 e. The van der Waals surface area contributed by atoms with Crippen LogP contribution in [0.25, 0.3) is 0 Å². The first-order chi connectivity index (χ1) is 8.65. The van der Waals surface area contributed by atoms with Gasteiger partial charge in [-0.1, -0.05) is 18.7 Å². The Morgan fingerprint density at radius 1 is 1.56 bits per heavy atom. The van der Waals surface area contributed by atoms with Crippen LogP contribution in [0.2, 0.25) is 0 Å². The Kier molecular flexibility index (Phi) is 6.51. The van der Waals surface area contributed by atoms with Crippen molar-refractivity contribution in [3.05, 3.63) is 10.5 Å². The molecule has 0 atom stereocenters. The molecule has 0 saturated carbocycles. The van der Waals surface area contributed by atoms with Gasteiger partial charge in [0.05, 0.1) is 5.75 Å². The van der Waals surface area contributed by atoms with Gasteiger partial charge in [0.2, 0.25) is 0 Å². The number of carboxylic acids is 1. The van der Waals surface area contributed by atoms with Gasteiger partial charge in [-0.05, 0) is 12.8 Å². The van der Waals surface area contributed by atoms with Crippen molar-refractivity contribution >= 4 is 17.7 Å². The number of hydrogen-bond donors (Lipinski definition) is 2. The highest BCUT2D eigenvalue weighted by molar-refractivity contribution is 7.99. The van der Waals surface area contributed by atoms with Crippen molar-refractivity contribution in [2.24, 2.45) is 0 Å². The van der Waals surface area contributed by atoms with Crippen LogP contribution in [-0.4, -0.2) is 44.8 Å². The molecule has 0 saturated heterocycles. The van der Waals surface area contributed by atoms with Crippen LogP contribution in [0, 0.1) is 0 Å². The van der Waals surface area contributed by atoms with Crippen LogP contribution in [0.5, 0.6) is 0 Å². The Bertz CT molecular complexity index is 429. The highest BCUT2D eigenvalue weighted by Gasteiger charge is 2.10. The Morgan fingerprint density at radius 3 is 3.00 bits per heavy atom. The van der Waals surface area contributed by atoms with Gasteiger partial charge in [0.15, 0.2) is 5.16 Å². The van der Waals surface area contributed by atoms with Crippen LogP contribution >= 0.6 is 11.8 Å². The number of hydrogen-bond acceptors (Lipinski definition) is 5. The molecule has 0 aliphatic rings. The fourth-order valence-electron chi connectivity index (χ4n) is 1.31. The number of aromatic nitrogens is 3. The number of ether oxygens (including phenoxy) is 1. The zero-order valence-corrected chi connectivity index (χ0v) is 11.0. The number of thioether (sulfide) groups is 1. The number of aromatic amines is 1. The van der Waals surface area contributed by atoms with E-state index in [1.807, 2.05) is 6.92 Å². The van der Waals surface area contributed by atoms with Crippen molar-refractivity contribution in [2.75, 3.05) is 19.0 Å². The lowest BCUT2D eigenvalue weighted by molar-refractivity contribution is -0.133. The van der Waals surface area contributed by atoms with Gasteiger partial charge in [-0.3, -0.25) is 9.36 Å². The quantitative estimate of drug-likeness (QED) is 0.505. The number of nitrogens with one attached hydrogen (secondary N) is 1. The summed E-state index contributed by atoms with van der Waals surface area (Å²) in [5.41, 5.74) is -0.321. The van der Waals surface area contributed by atoms with E-state index in [4.69, 9.17) is 9.84 Å². The summed E-state index contributed by atoms with van der Waals surface area (Å²) < 4.78 is 6.75. The summed E-state index contributed by atoms with van der Waals surface area (Å²) in [6.07, 6.45) is 1.66. The molecule has 1 heterocycles.